The fraction of sp³-hybridized carbons (Fsp3) is 0.0400. The Morgan fingerprint density at radius 2 is 1.58 bits per heavy atom. The number of imide groups is 1. The Balaban J connectivity index is 1.38. The summed E-state index contributed by atoms with van der Waals surface area (Å²) in [6.07, 6.45) is 0. The number of nitrogens with one attached hydrogen (secondary N) is 1. The average Bonchev–Trinajstić information content (AvgIpc) is 3.33. The molecule has 5 rings (SSSR count). The first-order valence-corrected chi connectivity index (χ1v) is 10.4. The van der Waals surface area contributed by atoms with E-state index in [4.69, 9.17) is 16.0 Å². The number of fused-ring (bicyclic) bond motifs is 1. The van der Waals surface area contributed by atoms with Crippen molar-refractivity contribution < 1.29 is 18.8 Å². The molecule has 0 saturated carbocycles. The van der Waals surface area contributed by atoms with Crippen LogP contribution in [-0.4, -0.2) is 22.7 Å². The van der Waals surface area contributed by atoms with E-state index in [2.05, 4.69) is 10.3 Å². The van der Waals surface area contributed by atoms with Gasteiger partial charge in [0.15, 0.2) is 5.69 Å². The molecule has 0 saturated heterocycles. The number of hydrogen-bond donors (Lipinski definition) is 1. The summed E-state index contributed by atoms with van der Waals surface area (Å²) in [7, 11) is 0. The minimum Gasteiger partial charge on any atom is -0.441 e. The molecule has 0 fully saturated rings. The molecule has 8 heteroatoms. The Morgan fingerprint density at radius 3 is 2.21 bits per heavy atom. The van der Waals surface area contributed by atoms with Crippen molar-refractivity contribution in [2.75, 3.05) is 10.2 Å². The van der Waals surface area contributed by atoms with E-state index >= 15 is 0 Å². The van der Waals surface area contributed by atoms with Gasteiger partial charge < -0.3 is 9.73 Å². The molecule has 0 spiro atoms. The fourth-order valence-electron chi connectivity index (χ4n) is 3.68. The second-order valence-corrected chi connectivity index (χ2v) is 7.81. The highest BCUT2D eigenvalue weighted by atomic mass is 35.5. The van der Waals surface area contributed by atoms with Gasteiger partial charge in [0.25, 0.3) is 17.7 Å². The van der Waals surface area contributed by atoms with E-state index in [1.165, 1.54) is 12.1 Å². The van der Waals surface area contributed by atoms with Gasteiger partial charge in [-0.3, -0.25) is 14.4 Å². The van der Waals surface area contributed by atoms with Gasteiger partial charge in [-0.2, -0.15) is 0 Å². The number of hydrogen-bond acceptors (Lipinski definition) is 5. The monoisotopic (exact) mass is 457 g/mol. The molecule has 4 aromatic rings. The number of anilines is 2. The van der Waals surface area contributed by atoms with Crippen LogP contribution in [0.1, 0.15) is 37.0 Å². The van der Waals surface area contributed by atoms with Crippen LogP contribution >= 0.6 is 11.6 Å². The van der Waals surface area contributed by atoms with Crippen LogP contribution in [0.3, 0.4) is 0 Å². The fourth-order valence-corrected chi connectivity index (χ4v) is 3.94. The number of rotatable bonds is 4. The van der Waals surface area contributed by atoms with Crippen LogP contribution < -0.4 is 10.2 Å². The third-order valence-corrected chi connectivity index (χ3v) is 5.58. The third kappa shape index (κ3) is 3.58. The molecule has 7 nitrogen and oxygen atoms in total. The van der Waals surface area contributed by atoms with E-state index in [1.54, 1.807) is 37.3 Å². The zero-order valence-electron chi connectivity index (χ0n) is 17.3. The van der Waals surface area contributed by atoms with Crippen molar-refractivity contribution in [2.45, 2.75) is 6.92 Å². The number of carbonyl (C=O) groups is 3. The molecule has 1 aromatic heterocycles. The maximum atomic E-state index is 12.8. The SMILES string of the molecule is Cc1oc(-c2ccccc2)nc1C(=O)Nc1ccc(N2C(=O)c3ccccc3C2=O)c(Cl)c1. The minimum absolute atomic E-state index is 0.143. The number of oxazole rings is 1. The van der Waals surface area contributed by atoms with Crippen molar-refractivity contribution in [1.82, 2.24) is 4.98 Å². The molecule has 0 bridgehead atoms. The number of aromatic nitrogens is 1. The van der Waals surface area contributed by atoms with Crippen molar-refractivity contribution in [3.05, 3.63) is 100 Å². The summed E-state index contributed by atoms with van der Waals surface area (Å²) in [5, 5.41) is 2.87. The van der Waals surface area contributed by atoms with Crippen molar-refractivity contribution in [3.8, 4) is 11.5 Å². The molecular weight excluding hydrogens is 442 g/mol. The van der Waals surface area contributed by atoms with Gasteiger partial charge in [-0.1, -0.05) is 41.9 Å². The van der Waals surface area contributed by atoms with Crippen LogP contribution in [0.5, 0.6) is 0 Å². The molecule has 0 unspecified atom stereocenters. The normalized spacial score (nSPS) is 12.7. The van der Waals surface area contributed by atoms with Crippen LogP contribution in [0, 0.1) is 6.92 Å². The van der Waals surface area contributed by atoms with Crippen molar-refractivity contribution >= 4 is 40.7 Å². The Labute approximate surface area is 193 Å². The first-order valence-electron chi connectivity index (χ1n) is 10.1. The second kappa shape index (κ2) is 8.03. The largest absolute Gasteiger partial charge is 0.441 e. The summed E-state index contributed by atoms with van der Waals surface area (Å²) in [5.74, 6) is -0.637. The number of nitrogens with zero attached hydrogens (tertiary/aromatic N) is 2. The summed E-state index contributed by atoms with van der Waals surface area (Å²) < 4.78 is 5.64. The van der Waals surface area contributed by atoms with Gasteiger partial charge in [0.05, 0.1) is 21.8 Å². The molecule has 1 aliphatic rings. The zero-order chi connectivity index (χ0) is 23.1. The highest BCUT2D eigenvalue weighted by Crippen LogP contribution is 2.35. The summed E-state index contributed by atoms with van der Waals surface area (Å²) >= 11 is 6.40. The van der Waals surface area contributed by atoms with E-state index in [0.717, 1.165) is 10.5 Å². The molecule has 3 amide bonds. The van der Waals surface area contributed by atoms with Crippen LogP contribution in [0.15, 0.2) is 77.2 Å². The molecular formula is C25H16ClN3O4. The molecule has 33 heavy (non-hydrogen) atoms. The molecule has 0 atom stereocenters. The summed E-state index contributed by atoms with van der Waals surface area (Å²) in [6.45, 7) is 1.66. The van der Waals surface area contributed by atoms with Gasteiger partial charge in [-0.15, -0.1) is 0 Å². The van der Waals surface area contributed by atoms with Crippen molar-refractivity contribution in [3.63, 3.8) is 0 Å². The predicted molar refractivity (Wildman–Crippen MR) is 124 cm³/mol. The molecule has 1 aliphatic heterocycles. The van der Waals surface area contributed by atoms with Gasteiger partial charge in [0.1, 0.15) is 5.76 Å². The maximum Gasteiger partial charge on any atom is 0.277 e. The average molecular weight is 458 g/mol. The molecule has 2 heterocycles. The Hall–Kier alpha value is -4.23. The smallest absolute Gasteiger partial charge is 0.277 e. The first-order chi connectivity index (χ1) is 15.9. The van der Waals surface area contributed by atoms with E-state index < -0.39 is 17.7 Å². The number of halogens is 1. The van der Waals surface area contributed by atoms with E-state index in [0.29, 0.717) is 28.5 Å². The van der Waals surface area contributed by atoms with Gasteiger partial charge in [0, 0.05) is 11.3 Å². The highest BCUT2D eigenvalue weighted by molar-refractivity contribution is 6.40. The summed E-state index contributed by atoms with van der Waals surface area (Å²) in [4.78, 5) is 43.6. The Kier molecular flexibility index (Phi) is 5.03. The molecule has 0 aliphatic carbocycles. The lowest BCUT2D eigenvalue weighted by Gasteiger charge is -2.16. The quantitative estimate of drug-likeness (QED) is 0.416. The van der Waals surface area contributed by atoms with Gasteiger partial charge in [-0.25, -0.2) is 9.88 Å². The predicted octanol–water partition coefficient (Wildman–Crippen LogP) is 5.36. The number of carbonyl (C=O) groups excluding carboxylic acids is 3. The van der Waals surface area contributed by atoms with E-state index in [9.17, 15) is 14.4 Å². The number of amides is 3. The first kappa shape index (κ1) is 20.7. The second-order valence-electron chi connectivity index (χ2n) is 7.40. The lowest BCUT2D eigenvalue weighted by Crippen LogP contribution is -2.29. The van der Waals surface area contributed by atoms with E-state index in [-0.39, 0.29) is 16.4 Å². The van der Waals surface area contributed by atoms with Crippen LogP contribution in [-0.2, 0) is 0 Å². The maximum absolute atomic E-state index is 12.8. The molecule has 1 N–H and O–H groups in total. The van der Waals surface area contributed by atoms with Gasteiger partial charge in [-0.05, 0) is 49.4 Å². The minimum atomic E-state index is -0.469. The molecule has 162 valence electrons. The summed E-state index contributed by atoms with van der Waals surface area (Å²) in [5.41, 5.74) is 2.18. The lowest BCUT2D eigenvalue weighted by molar-refractivity contribution is 0.0924. The Bertz CT molecular complexity index is 1390. The third-order valence-electron chi connectivity index (χ3n) is 5.27. The topological polar surface area (TPSA) is 92.5 Å². The highest BCUT2D eigenvalue weighted by Gasteiger charge is 2.37. The standard InChI is InChI=1S/C25H16ClN3O4/c1-14-21(28-23(33-14)15-7-3-2-4-8-15)22(30)27-16-11-12-20(19(26)13-16)29-24(31)17-9-5-6-10-18(17)25(29)32/h2-13H,1H3,(H,27,30). The molecule has 3 aromatic carbocycles. The zero-order valence-corrected chi connectivity index (χ0v) is 18.1. The Morgan fingerprint density at radius 1 is 0.939 bits per heavy atom. The van der Waals surface area contributed by atoms with Gasteiger partial charge >= 0.3 is 0 Å². The van der Waals surface area contributed by atoms with Crippen LogP contribution in [0.4, 0.5) is 11.4 Å². The van der Waals surface area contributed by atoms with Crippen LogP contribution in [0.25, 0.3) is 11.5 Å². The summed E-state index contributed by atoms with van der Waals surface area (Å²) in [6, 6.07) is 20.4. The van der Waals surface area contributed by atoms with Crippen molar-refractivity contribution in [2.24, 2.45) is 0 Å². The lowest BCUT2D eigenvalue weighted by atomic mass is 10.1. The number of aryl methyl sites for hydroxylation is 1. The van der Waals surface area contributed by atoms with E-state index in [1.807, 2.05) is 30.3 Å². The molecule has 0 radical (unpaired) electrons. The van der Waals surface area contributed by atoms with Gasteiger partial charge in [0.2, 0.25) is 5.89 Å². The van der Waals surface area contributed by atoms with Crippen LogP contribution in [0.2, 0.25) is 5.02 Å². The number of benzene rings is 3. The van der Waals surface area contributed by atoms with Crippen molar-refractivity contribution in [1.29, 1.82) is 0 Å².